The third-order valence-corrected chi connectivity index (χ3v) is 12.6. The maximum absolute atomic E-state index is 15.1. The summed E-state index contributed by atoms with van der Waals surface area (Å²) in [4.78, 5) is 56.2. The van der Waals surface area contributed by atoms with Crippen LogP contribution >= 0.6 is 11.6 Å². The van der Waals surface area contributed by atoms with Crippen molar-refractivity contribution in [1.29, 1.82) is 5.26 Å². The van der Waals surface area contributed by atoms with Crippen molar-refractivity contribution in [2.45, 2.75) is 71.6 Å². The Hall–Kier alpha value is -5.33. The second kappa shape index (κ2) is 16.5. The summed E-state index contributed by atoms with van der Waals surface area (Å²) in [6.45, 7) is 14.0. The summed E-state index contributed by atoms with van der Waals surface area (Å²) in [6.07, 6.45) is 2.09. The normalized spacial score (nSPS) is 23.3. The van der Waals surface area contributed by atoms with Crippen molar-refractivity contribution < 1.29 is 28.3 Å². The van der Waals surface area contributed by atoms with Gasteiger partial charge in [-0.2, -0.15) is 5.26 Å². The molecule has 58 heavy (non-hydrogen) atoms. The summed E-state index contributed by atoms with van der Waals surface area (Å²) < 4.78 is 21.4. The number of halogens is 2. The highest BCUT2D eigenvalue weighted by Gasteiger charge is 2.64. The average molecular weight is 814 g/mol. The number of carbonyl (C=O) groups is 4. The molecule has 3 aliphatic heterocycles. The zero-order valence-corrected chi connectivity index (χ0v) is 33.9. The SMILES string of the molecule is CC1(C)C(NC(=O)c2ccc(N3CCC(CN4CCN(c5ccc(C(=O)NC6CCC(=O)NC6=O)c(F)c5)CC4)CC3)nn2)C(C)(C)C1Oc1ccc(C#N)c(Cl)c1. The molecule has 16 heteroatoms. The molecule has 4 aliphatic rings. The van der Waals surface area contributed by atoms with Crippen molar-refractivity contribution in [3.8, 4) is 11.8 Å². The molecule has 2 aromatic carbocycles. The molecule has 0 bridgehead atoms. The van der Waals surface area contributed by atoms with Crippen LogP contribution in [0.4, 0.5) is 15.9 Å². The van der Waals surface area contributed by atoms with E-state index in [-0.39, 0.29) is 48.1 Å². The van der Waals surface area contributed by atoms with Crippen LogP contribution in [0.25, 0.3) is 0 Å². The van der Waals surface area contributed by atoms with Gasteiger partial charge in [-0.1, -0.05) is 39.3 Å². The smallest absolute Gasteiger partial charge is 0.272 e. The summed E-state index contributed by atoms with van der Waals surface area (Å²) in [7, 11) is 0. The molecule has 1 saturated carbocycles. The van der Waals surface area contributed by atoms with Crippen LogP contribution in [0.2, 0.25) is 5.02 Å². The van der Waals surface area contributed by atoms with Gasteiger partial charge in [0.25, 0.3) is 11.8 Å². The Morgan fingerprint density at radius 2 is 1.64 bits per heavy atom. The van der Waals surface area contributed by atoms with E-state index >= 15 is 4.39 Å². The molecule has 7 rings (SSSR count). The van der Waals surface area contributed by atoms with E-state index in [9.17, 15) is 24.4 Å². The highest BCUT2D eigenvalue weighted by molar-refractivity contribution is 6.31. The Bertz CT molecular complexity index is 2090. The number of piperazine rings is 1. The van der Waals surface area contributed by atoms with Crippen LogP contribution in [-0.4, -0.2) is 103 Å². The van der Waals surface area contributed by atoms with E-state index in [2.05, 4.69) is 74.6 Å². The molecule has 0 spiro atoms. The number of carbonyl (C=O) groups excluding carboxylic acids is 4. The first-order valence-electron chi connectivity index (χ1n) is 19.8. The summed E-state index contributed by atoms with van der Waals surface area (Å²) in [5.74, 6) is -0.759. The van der Waals surface area contributed by atoms with Gasteiger partial charge in [-0.25, -0.2) is 4.39 Å². The third-order valence-electron chi connectivity index (χ3n) is 12.2. The number of hydrogen-bond acceptors (Lipinski definition) is 11. The number of rotatable bonds is 10. The van der Waals surface area contributed by atoms with Crippen LogP contribution in [-0.2, 0) is 9.59 Å². The number of nitrogens with one attached hydrogen (secondary N) is 3. The quantitative estimate of drug-likeness (QED) is 0.249. The largest absolute Gasteiger partial charge is 0.489 e. The number of piperidine rings is 2. The number of nitrogens with zero attached hydrogens (tertiary/aromatic N) is 6. The number of benzene rings is 2. The van der Waals surface area contributed by atoms with Crippen LogP contribution < -0.4 is 30.5 Å². The fourth-order valence-corrected chi connectivity index (χ4v) is 9.48. The number of anilines is 2. The molecule has 3 saturated heterocycles. The molecule has 1 atom stereocenters. The first kappa shape index (κ1) is 40.9. The monoisotopic (exact) mass is 813 g/mol. The van der Waals surface area contributed by atoms with Crippen molar-refractivity contribution >= 4 is 46.7 Å². The molecule has 0 radical (unpaired) electrons. The topological polar surface area (TPSA) is 173 Å². The highest BCUT2D eigenvalue weighted by Crippen LogP contribution is 2.55. The molecule has 1 aliphatic carbocycles. The van der Waals surface area contributed by atoms with E-state index in [0.29, 0.717) is 27.9 Å². The first-order chi connectivity index (χ1) is 27.6. The summed E-state index contributed by atoms with van der Waals surface area (Å²) in [5.41, 5.74) is 0.393. The van der Waals surface area contributed by atoms with Gasteiger partial charge < -0.3 is 25.2 Å². The fraction of sp³-hybridized carbons (Fsp3) is 0.500. The molecule has 4 fully saturated rings. The summed E-state index contributed by atoms with van der Waals surface area (Å²) in [5, 5.41) is 26.2. The Labute approximate surface area is 342 Å². The third kappa shape index (κ3) is 8.44. The van der Waals surface area contributed by atoms with Gasteiger partial charge in [0.2, 0.25) is 11.8 Å². The number of imide groups is 1. The number of aromatic nitrogens is 2. The zero-order chi connectivity index (χ0) is 41.4. The molecule has 4 amide bonds. The maximum Gasteiger partial charge on any atom is 0.272 e. The van der Waals surface area contributed by atoms with Gasteiger partial charge in [-0.3, -0.25) is 29.4 Å². The minimum absolute atomic E-state index is 0.121. The van der Waals surface area contributed by atoms with E-state index in [0.717, 1.165) is 64.5 Å². The molecule has 3 aromatic rings. The molecule has 3 N–H and O–H groups in total. The van der Waals surface area contributed by atoms with Gasteiger partial charge in [0.05, 0.1) is 16.1 Å². The Balaban J connectivity index is 0.842. The lowest BCUT2D eigenvalue weighted by Crippen LogP contribution is -2.74. The van der Waals surface area contributed by atoms with Crippen LogP contribution in [0.5, 0.6) is 5.75 Å². The molecular formula is C42H49ClFN9O5. The minimum atomic E-state index is -0.870. The highest BCUT2D eigenvalue weighted by atomic mass is 35.5. The molecule has 14 nitrogen and oxygen atoms in total. The van der Waals surface area contributed by atoms with Crippen LogP contribution in [0.15, 0.2) is 48.5 Å². The Morgan fingerprint density at radius 1 is 0.914 bits per heavy atom. The average Bonchev–Trinajstić information content (AvgIpc) is 3.20. The maximum atomic E-state index is 15.1. The van der Waals surface area contributed by atoms with Gasteiger partial charge >= 0.3 is 0 Å². The van der Waals surface area contributed by atoms with E-state index in [1.54, 1.807) is 30.3 Å². The summed E-state index contributed by atoms with van der Waals surface area (Å²) >= 11 is 6.23. The lowest BCUT2D eigenvalue weighted by Gasteiger charge is -2.63. The van der Waals surface area contributed by atoms with E-state index in [1.807, 2.05) is 6.07 Å². The molecule has 4 heterocycles. The lowest BCUT2D eigenvalue weighted by molar-refractivity contribution is -0.164. The van der Waals surface area contributed by atoms with Gasteiger partial charge in [-0.15, -0.1) is 10.2 Å². The first-order valence-corrected chi connectivity index (χ1v) is 20.2. The van der Waals surface area contributed by atoms with Crippen molar-refractivity contribution in [1.82, 2.24) is 31.0 Å². The van der Waals surface area contributed by atoms with E-state index < -0.39 is 34.5 Å². The van der Waals surface area contributed by atoms with E-state index in [1.165, 1.54) is 12.1 Å². The van der Waals surface area contributed by atoms with Gasteiger partial charge in [0.1, 0.15) is 29.8 Å². The molecule has 1 unspecified atom stereocenters. The van der Waals surface area contributed by atoms with Gasteiger partial charge in [-0.05, 0) is 67.6 Å². The standard InChI is InChI=1S/C42H49ClFN9O5/c1-41(2)39(42(3,4)40(41)58-28-7-5-26(23-45)30(43)22-28)48-38(57)33-9-11-34(50-49-33)53-15-13-25(14-16-53)24-51-17-19-52(20-18-51)27-6-8-29(31(44)21-27)36(55)46-32-10-12-35(54)47-37(32)56/h5-9,11,21-22,25,32,39-40H,10,12-20,24H2,1-4H3,(H,46,55)(H,48,57)(H,47,54,56). The second-order valence-corrected chi connectivity index (χ2v) is 17.3. The number of hydrogen-bond donors (Lipinski definition) is 3. The van der Waals surface area contributed by atoms with Crippen molar-refractivity contribution in [2.75, 3.05) is 55.6 Å². The number of nitriles is 1. The second-order valence-electron chi connectivity index (χ2n) is 16.9. The predicted octanol–water partition coefficient (Wildman–Crippen LogP) is 4.33. The molecular weight excluding hydrogens is 765 g/mol. The fourth-order valence-electron chi connectivity index (χ4n) is 9.27. The molecule has 306 valence electrons. The molecule has 1 aromatic heterocycles. The predicted molar refractivity (Wildman–Crippen MR) is 215 cm³/mol. The zero-order valence-electron chi connectivity index (χ0n) is 33.2. The van der Waals surface area contributed by atoms with Gasteiger partial charge in [0.15, 0.2) is 11.5 Å². The Kier molecular flexibility index (Phi) is 11.6. The minimum Gasteiger partial charge on any atom is -0.489 e. The van der Waals surface area contributed by atoms with Crippen molar-refractivity contribution in [3.63, 3.8) is 0 Å². The van der Waals surface area contributed by atoms with Gasteiger partial charge in [0, 0.05) is 80.9 Å². The van der Waals surface area contributed by atoms with Crippen LogP contribution in [0.3, 0.4) is 0 Å². The summed E-state index contributed by atoms with van der Waals surface area (Å²) in [6, 6.07) is 14.1. The number of ether oxygens (including phenoxy) is 1. The number of amides is 4. The van der Waals surface area contributed by atoms with E-state index in [4.69, 9.17) is 16.3 Å². The Morgan fingerprint density at radius 3 is 2.26 bits per heavy atom. The lowest BCUT2D eigenvalue weighted by atomic mass is 9.49. The van der Waals surface area contributed by atoms with Crippen molar-refractivity contribution in [2.24, 2.45) is 16.7 Å². The van der Waals surface area contributed by atoms with Crippen LogP contribution in [0.1, 0.15) is 79.8 Å². The van der Waals surface area contributed by atoms with Crippen molar-refractivity contribution in [3.05, 3.63) is 76.2 Å². The van der Waals surface area contributed by atoms with Crippen LogP contribution in [0, 0.1) is 33.9 Å².